The third-order valence-electron chi connectivity index (χ3n) is 2.28. The summed E-state index contributed by atoms with van der Waals surface area (Å²) in [4.78, 5) is 11.2. The second kappa shape index (κ2) is 3.27. The second-order valence-electron chi connectivity index (χ2n) is 3.18. The van der Waals surface area contributed by atoms with Gasteiger partial charge < -0.3 is 4.74 Å². The number of halogens is 2. The molecule has 4 heteroatoms. The van der Waals surface area contributed by atoms with E-state index >= 15 is 0 Å². The number of allylic oxidation sites excluding steroid dienone is 1. The molecular weight excluding hydrogens is 199 g/mol. The van der Waals surface area contributed by atoms with Gasteiger partial charge >= 0.3 is 5.97 Å². The Balaban J connectivity index is 2.60. The maximum atomic E-state index is 11.2. The fourth-order valence-electron chi connectivity index (χ4n) is 1.26. The van der Waals surface area contributed by atoms with Crippen LogP contribution in [0.1, 0.15) is 13.3 Å². The van der Waals surface area contributed by atoms with Crippen molar-refractivity contribution in [2.75, 3.05) is 7.11 Å². The molecule has 0 aromatic heterocycles. The van der Waals surface area contributed by atoms with E-state index in [2.05, 4.69) is 4.74 Å². The largest absolute Gasteiger partial charge is 0.469 e. The van der Waals surface area contributed by atoms with Crippen LogP contribution in [0.5, 0.6) is 0 Å². The lowest BCUT2D eigenvalue weighted by molar-refractivity contribution is -0.146. The average molecular weight is 209 g/mol. The molecule has 2 nitrogen and oxygen atoms in total. The Morgan fingerprint density at radius 2 is 2.25 bits per heavy atom. The van der Waals surface area contributed by atoms with E-state index in [0.29, 0.717) is 0 Å². The quantitative estimate of drug-likeness (QED) is 0.653. The Bertz CT molecular complexity index is 233. The van der Waals surface area contributed by atoms with E-state index in [1.54, 1.807) is 6.08 Å². The fourth-order valence-corrected chi connectivity index (χ4v) is 1.56. The zero-order valence-electron chi connectivity index (χ0n) is 6.93. The average Bonchev–Trinajstić information content (AvgIpc) is 2.60. The topological polar surface area (TPSA) is 26.3 Å². The van der Waals surface area contributed by atoms with E-state index in [-0.39, 0.29) is 16.4 Å². The van der Waals surface area contributed by atoms with Gasteiger partial charge in [0.25, 0.3) is 0 Å². The lowest BCUT2D eigenvalue weighted by Gasteiger charge is -2.05. The highest BCUT2D eigenvalue weighted by Crippen LogP contribution is 2.54. The van der Waals surface area contributed by atoms with E-state index in [1.165, 1.54) is 7.11 Å². The summed E-state index contributed by atoms with van der Waals surface area (Å²) in [5, 5.41) is 0. The van der Waals surface area contributed by atoms with Crippen molar-refractivity contribution in [1.82, 2.24) is 0 Å². The van der Waals surface area contributed by atoms with Gasteiger partial charge in [0.15, 0.2) is 0 Å². The highest BCUT2D eigenvalue weighted by Gasteiger charge is 2.55. The molecule has 2 unspecified atom stereocenters. The summed E-state index contributed by atoms with van der Waals surface area (Å²) in [6.45, 7) is 1.84. The smallest absolute Gasteiger partial charge is 0.312 e. The monoisotopic (exact) mass is 208 g/mol. The maximum absolute atomic E-state index is 11.2. The summed E-state index contributed by atoms with van der Waals surface area (Å²) in [5.74, 6) is -0.0618. The number of carbonyl (C=O) groups is 1. The van der Waals surface area contributed by atoms with Gasteiger partial charge in [0.1, 0.15) is 4.49 Å². The number of esters is 1. The van der Waals surface area contributed by atoms with E-state index in [0.717, 1.165) is 6.42 Å². The number of ether oxygens (including phenoxy) is 1. The first-order valence-electron chi connectivity index (χ1n) is 3.62. The SMILES string of the molecule is COC(=O)C1(C)CC1C=C(Cl)Cl. The third-order valence-corrected chi connectivity index (χ3v) is 2.53. The lowest BCUT2D eigenvalue weighted by atomic mass is 10.1. The van der Waals surface area contributed by atoms with E-state index in [4.69, 9.17) is 23.2 Å². The minimum Gasteiger partial charge on any atom is -0.469 e. The van der Waals surface area contributed by atoms with Gasteiger partial charge in [0.2, 0.25) is 0 Å². The summed E-state index contributed by atoms with van der Waals surface area (Å²) in [6, 6.07) is 0. The molecule has 0 bridgehead atoms. The van der Waals surface area contributed by atoms with Crippen molar-refractivity contribution in [3.05, 3.63) is 10.6 Å². The third kappa shape index (κ3) is 1.75. The van der Waals surface area contributed by atoms with Crippen LogP contribution in [-0.4, -0.2) is 13.1 Å². The predicted octanol–water partition coefficient (Wildman–Crippen LogP) is 2.50. The Morgan fingerprint density at radius 3 is 2.67 bits per heavy atom. The van der Waals surface area contributed by atoms with Crippen molar-refractivity contribution >= 4 is 29.2 Å². The first-order chi connectivity index (χ1) is 5.50. The molecule has 1 rings (SSSR count). The van der Waals surface area contributed by atoms with Crippen molar-refractivity contribution in [3.63, 3.8) is 0 Å². The summed E-state index contributed by atoms with van der Waals surface area (Å²) in [7, 11) is 1.38. The maximum Gasteiger partial charge on any atom is 0.312 e. The molecule has 1 fully saturated rings. The first-order valence-corrected chi connectivity index (χ1v) is 4.37. The van der Waals surface area contributed by atoms with Gasteiger partial charge in [-0.2, -0.15) is 0 Å². The summed E-state index contributed by atoms with van der Waals surface area (Å²) >= 11 is 10.9. The molecule has 1 aliphatic rings. The molecule has 0 amide bonds. The van der Waals surface area contributed by atoms with Crippen molar-refractivity contribution in [1.29, 1.82) is 0 Å². The molecule has 1 aliphatic carbocycles. The van der Waals surface area contributed by atoms with Crippen LogP contribution in [0, 0.1) is 11.3 Å². The van der Waals surface area contributed by atoms with Crippen LogP contribution in [0.2, 0.25) is 0 Å². The molecule has 2 atom stereocenters. The van der Waals surface area contributed by atoms with Crippen molar-refractivity contribution in [2.45, 2.75) is 13.3 Å². The van der Waals surface area contributed by atoms with Crippen LogP contribution < -0.4 is 0 Å². The Morgan fingerprint density at radius 1 is 1.67 bits per heavy atom. The molecule has 12 heavy (non-hydrogen) atoms. The van der Waals surface area contributed by atoms with Gasteiger partial charge in [0, 0.05) is 0 Å². The standard InChI is InChI=1S/C8H10Cl2O2/c1-8(7(11)12-2)4-5(8)3-6(9)10/h3,5H,4H2,1-2H3. The summed E-state index contributed by atoms with van der Waals surface area (Å²) in [6.07, 6.45) is 2.45. The normalized spacial score (nSPS) is 32.5. The molecular formula is C8H10Cl2O2. The number of methoxy groups -OCH3 is 1. The zero-order valence-corrected chi connectivity index (χ0v) is 8.45. The summed E-state index contributed by atoms with van der Waals surface area (Å²) in [5.41, 5.74) is -0.399. The highest BCUT2D eigenvalue weighted by atomic mass is 35.5. The van der Waals surface area contributed by atoms with Crippen LogP contribution in [0.25, 0.3) is 0 Å². The number of carbonyl (C=O) groups excluding carboxylic acids is 1. The van der Waals surface area contributed by atoms with E-state index < -0.39 is 5.41 Å². The molecule has 0 saturated heterocycles. The van der Waals surface area contributed by atoms with Crippen molar-refractivity contribution in [2.24, 2.45) is 11.3 Å². The van der Waals surface area contributed by atoms with E-state index in [9.17, 15) is 4.79 Å². The van der Waals surface area contributed by atoms with Gasteiger partial charge in [-0.25, -0.2) is 0 Å². The molecule has 0 aliphatic heterocycles. The fraction of sp³-hybridized carbons (Fsp3) is 0.625. The second-order valence-corrected chi connectivity index (χ2v) is 4.18. The van der Waals surface area contributed by atoms with Gasteiger partial charge in [-0.05, 0) is 25.3 Å². The number of hydrogen-bond donors (Lipinski definition) is 0. The van der Waals surface area contributed by atoms with Crippen LogP contribution in [0.4, 0.5) is 0 Å². The van der Waals surface area contributed by atoms with Crippen LogP contribution in [0.15, 0.2) is 10.6 Å². The highest BCUT2D eigenvalue weighted by molar-refractivity contribution is 6.55. The van der Waals surface area contributed by atoms with Crippen LogP contribution >= 0.6 is 23.2 Å². The molecule has 0 aromatic carbocycles. The van der Waals surface area contributed by atoms with Gasteiger partial charge in [-0.3, -0.25) is 4.79 Å². The first kappa shape index (κ1) is 9.87. The van der Waals surface area contributed by atoms with Crippen molar-refractivity contribution < 1.29 is 9.53 Å². The molecule has 1 saturated carbocycles. The number of rotatable bonds is 2. The van der Waals surface area contributed by atoms with E-state index in [1.807, 2.05) is 6.92 Å². The Hall–Kier alpha value is -0.210. The number of hydrogen-bond acceptors (Lipinski definition) is 2. The molecule has 68 valence electrons. The van der Waals surface area contributed by atoms with Crippen molar-refractivity contribution in [3.8, 4) is 0 Å². The zero-order chi connectivity index (χ0) is 9.35. The van der Waals surface area contributed by atoms with Gasteiger partial charge in [0.05, 0.1) is 12.5 Å². The molecule has 0 N–H and O–H groups in total. The molecule has 0 radical (unpaired) electrons. The lowest BCUT2D eigenvalue weighted by Crippen LogP contribution is -2.15. The predicted molar refractivity (Wildman–Crippen MR) is 48.0 cm³/mol. The molecule has 0 heterocycles. The van der Waals surface area contributed by atoms with Gasteiger partial charge in [-0.1, -0.05) is 23.2 Å². The Labute approximate surface area is 81.5 Å². The van der Waals surface area contributed by atoms with Gasteiger partial charge in [-0.15, -0.1) is 0 Å². The minimum atomic E-state index is -0.399. The minimum absolute atomic E-state index is 0.134. The van der Waals surface area contributed by atoms with Crippen LogP contribution in [0.3, 0.4) is 0 Å². The van der Waals surface area contributed by atoms with Crippen LogP contribution in [-0.2, 0) is 9.53 Å². The summed E-state index contributed by atoms with van der Waals surface area (Å²) < 4.78 is 4.85. The Kier molecular flexibility index (Phi) is 2.69. The molecule has 0 aromatic rings. The molecule has 0 spiro atoms.